The van der Waals surface area contributed by atoms with Crippen LogP contribution in [0.2, 0.25) is 0 Å². The summed E-state index contributed by atoms with van der Waals surface area (Å²) < 4.78 is 41.1. The molecule has 0 unspecified atom stereocenters. The van der Waals surface area contributed by atoms with Crippen LogP contribution in [0.25, 0.3) is 0 Å². The average molecular weight is 611 g/mol. The van der Waals surface area contributed by atoms with Crippen molar-refractivity contribution in [1.29, 1.82) is 0 Å². The predicted molar refractivity (Wildman–Crippen MR) is 169 cm³/mol. The molecule has 6 rings (SSSR count). The molecule has 1 aliphatic carbocycles. The van der Waals surface area contributed by atoms with Crippen molar-refractivity contribution in [2.75, 3.05) is 37.5 Å². The van der Waals surface area contributed by atoms with E-state index in [1.807, 2.05) is 30.8 Å². The first-order valence-corrected chi connectivity index (χ1v) is 17.6. The summed E-state index contributed by atoms with van der Waals surface area (Å²) in [5.41, 5.74) is 5.15. The Balaban J connectivity index is 1.43. The Morgan fingerprint density at radius 1 is 1.14 bits per heavy atom. The van der Waals surface area contributed by atoms with E-state index in [4.69, 9.17) is 9.47 Å². The highest BCUT2D eigenvalue weighted by Gasteiger charge is 2.45. The highest BCUT2D eigenvalue weighted by molar-refractivity contribution is 8.00. The summed E-state index contributed by atoms with van der Waals surface area (Å²) in [6.45, 7) is 7.81. The van der Waals surface area contributed by atoms with Crippen molar-refractivity contribution in [3.63, 3.8) is 0 Å². The first-order valence-electron chi connectivity index (χ1n) is 15.1. The minimum absolute atomic E-state index is 0.0220. The van der Waals surface area contributed by atoms with Gasteiger partial charge in [0.2, 0.25) is 10.0 Å². The van der Waals surface area contributed by atoms with Crippen LogP contribution >= 0.6 is 11.8 Å². The molecule has 0 aromatic heterocycles. The second-order valence-corrected chi connectivity index (χ2v) is 16.1. The molecule has 1 amide bonds. The number of anilines is 1. The number of aryl methyl sites for hydroxylation is 2. The van der Waals surface area contributed by atoms with Crippen molar-refractivity contribution in [1.82, 2.24) is 4.72 Å². The molecule has 0 saturated heterocycles. The summed E-state index contributed by atoms with van der Waals surface area (Å²) >= 11 is 1.96. The van der Waals surface area contributed by atoms with Crippen LogP contribution in [0.1, 0.15) is 60.2 Å². The van der Waals surface area contributed by atoms with Gasteiger partial charge in [-0.2, -0.15) is 0 Å². The number of methoxy groups -OCH3 is 1. The van der Waals surface area contributed by atoms with E-state index < -0.39 is 21.2 Å². The van der Waals surface area contributed by atoms with Crippen molar-refractivity contribution < 1.29 is 22.7 Å². The molecule has 1 saturated carbocycles. The van der Waals surface area contributed by atoms with Gasteiger partial charge in [0, 0.05) is 25.8 Å². The molecule has 1 N–H and O–H groups in total. The summed E-state index contributed by atoms with van der Waals surface area (Å²) in [5, 5.41) is -0.732. The van der Waals surface area contributed by atoms with Crippen LogP contribution in [-0.2, 0) is 25.9 Å². The number of hydrogen-bond donors (Lipinski definition) is 1. The lowest BCUT2D eigenvalue weighted by atomic mass is 9.70. The zero-order valence-electron chi connectivity index (χ0n) is 25.0. The normalized spacial score (nSPS) is 33.3. The van der Waals surface area contributed by atoms with E-state index in [9.17, 15) is 13.2 Å². The molecule has 2 aromatic rings. The van der Waals surface area contributed by atoms with Crippen LogP contribution in [0.4, 0.5) is 5.69 Å². The van der Waals surface area contributed by atoms with Crippen molar-refractivity contribution in [3.05, 3.63) is 70.8 Å². The Bertz CT molecular complexity index is 1490. The van der Waals surface area contributed by atoms with Gasteiger partial charge in [0.05, 0.1) is 21.8 Å². The maximum Gasteiger partial charge on any atom is 0.264 e. The van der Waals surface area contributed by atoms with E-state index in [0.29, 0.717) is 30.4 Å². The first kappa shape index (κ1) is 29.6. The standard InChI is InChI=1S/C33H42N2O5S2/c1-21-8-12-28-24(16-21)14-15-41-33(28)19-35-18-26-9-11-27(26)30(39-4)7-5-6-22(2)23(3)42(37,38)34-32(36)25-10-13-31(40-20-33)29(35)17-25/h5,7-8,10,12-13,16-17,22-23,26-27,30H,6,9,11,14-15,18-20H2,1-4H3,(H,34,36)/b7-5+/t22-,23+,26-,27+,30-,33+/m0/s1. The Kier molecular flexibility index (Phi) is 8.13. The van der Waals surface area contributed by atoms with Crippen LogP contribution in [0, 0.1) is 24.7 Å². The van der Waals surface area contributed by atoms with Gasteiger partial charge in [-0.3, -0.25) is 4.79 Å². The molecule has 0 radical (unpaired) electrons. The molecule has 2 aromatic carbocycles. The van der Waals surface area contributed by atoms with Crippen LogP contribution in [0.5, 0.6) is 5.75 Å². The predicted octanol–water partition coefficient (Wildman–Crippen LogP) is 5.46. The number of fused-ring (bicyclic) bond motifs is 4. The molecule has 1 spiro atoms. The van der Waals surface area contributed by atoms with Crippen LogP contribution in [-0.4, -0.2) is 58.2 Å². The number of rotatable bonds is 1. The average Bonchev–Trinajstić information content (AvgIpc) is 3.10. The molecule has 2 bridgehead atoms. The maximum atomic E-state index is 13.4. The second-order valence-electron chi connectivity index (χ2n) is 12.6. The van der Waals surface area contributed by atoms with Gasteiger partial charge in [0.25, 0.3) is 5.91 Å². The minimum Gasteiger partial charge on any atom is -0.490 e. The molecule has 4 aliphatic rings. The highest BCUT2D eigenvalue weighted by Crippen LogP contribution is 2.49. The number of nitrogens with zero attached hydrogens (tertiary/aromatic N) is 1. The fourth-order valence-electron chi connectivity index (χ4n) is 7.02. The molecular weight excluding hydrogens is 569 g/mol. The first-order chi connectivity index (χ1) is 20.1. The fourth-order valence-corrected chi connectivity index (χ4v) is 9.76. The Labute approximate surface area is 254 Å². The molecule has 1 fully saturated rings. The number of sulfonamides is 1. The molecule has 226 valence electrons. The summed E-state index contributed by atoms with van der Waals surface area (Å²) in [7, 11) is -2.11. The number of carbonyl (C=O) groups excluding carboxylic acids is 1. The Morgan fingerprint density at radius 3 is 2.74 bits per heavy atom. The van der Waals surface area contributed by atoms with Crippen molar-refractivity contribution in [2.45, 2.75) is 62.6 Å². The molecule has 7 nitrogen and oxygen atoms in total. The third-order valence-corrected chi connectivity index (χ3v) is 13.3. The number of carbonyl (C=O) groups is 1. The monoisotopic (exact) mass is 610 g/mol. The zero-order valence-corrected chi connectivity index (χ0v) is 26.6. The number of nitrogens with one attached hydrogen (secondary N) is 1. The van der Waals surface area contributed by atoms with E-state index in [0.717, 1.165) is 49.5 Å². The number of benzene rings is 2. The summed E-state index contributed by atoms with van der Waals surface area (Å²) in [6.07, 6.45) is 7.99. The number of ether oxygens (including phenoxy) is 2. The molecule has 3 heterocycles. The van der Waals surface area contributed by atoms with Crippen LogP contribution in [0.3, 0.4) is 0 Å². The summed E-state index contributed by atoms with van der Waals surface area (Å²) in [6, 6.07) is 12.1. The Hall–Kier alpha value is -2.49. The number of allylic oxidation sites excluding steroid dienone is 1. The van der Waals surface area contributed by atoms with Crippen LogP contribution < -0.4 is 14.4 Å². The quantitative estimate of drug-likeness (QED) is 0.429. The highest BCUT2D eigenvalue weighted by atomic mass is 32.2. The van der Waals surface area contributed by atoms with Gasteiger partial charge >= 0.3 is 0 Å². The minimum atomic E-state index is -3.88. The number of thioether (sulfide) groups is 1. The van der Waals surface area contributed by atoms with Gasteiger partial charge < -0.3 is 14.4 Å². The largest absolute Gasteiger partial charge is 0.490 e. The van der Waals surface area contributed by atoms with E-state index in [-0.39, 0.29) is 16.8 Å². The Morgan fingerprint density at radius 2 is 1.98 bits per heavy atom. The third-order valence-electron chi connectivity index (χ3n) is 9.95. The van der Waals surface area contributed by atoms with Crippen LogP contribution in [0.15, 0.2) is 48.6 Å². The molecule has 9 heteroatoms. The smallest absolute Gasteiger partial charge is 0.264 e. The van der Waals surface area contributed by atoms with Gasteiger partial charge in [-0.15, -0.1) is 11.8 Å². The second kappa shape index (κ2) is 11.5. The van der Waals surface area contributed by atoms with Gasteiger partial charge in [0.1, 0.15) is 12.4 Å². The lowest BCUT2D eigenvalue weighted by molar-refractivity contribution is 0.0134. The van der Waals surface area contributed by atoms with E-state index >= 15 is 0 Å². The summed E-state index contributed by atoms with van der Waals surface area (Å²) in [4.78, 5) is 15.8. The van der Waals surface area contributed by atoms with Crippen molar-refractivity contribution in [3.8, 4) is 5.75 Å². The van der Waals surface area contributed by atoms with Crippen molar-refractivity contribution in [2.24, 2.45) is 17.8 Å². The van der Waals surface area contributed by atoms with Gasteiger partial charge in [-0.1, -0.05) is 42.8 Å². The van der Waals surface area contributed by atoms with Crippen molar-refractivity contribution >= 4 is 33.4 Å². The number of hydrogen-bond acceptors (Lipinski definition) is 7. The number of amides is 1. The van der Waals surface area contributed by atoms with E-state index in [2.05, 4.69) is 46.9 Å². The molecule has 3 aliphatic heterocycles. The molecular formula is C33H42N2O5S2. The van der Waals surface area contributed by atoms with Gasteiger partial charge in [-0.05, 0) is 92.4 Å². The topological polar surface area (TPSA) is 84.9 Å². The van der Waals surface area contributed by atoms with E-state index in [1.54, 1.807) is 20.1 Å². The molecule has 42 heavy (non-hydrogen) atoms. The SMILES string of the molecule is CO[C@H]1/C=C/C[C@H](C)[C@@H](C)S(=O)(=O)NC(=O)c2ccc3c(c2)N(C[C@@H]2CC[C@H]21)C[C@]1(CO3)SCCc2cc(C)ccc21. The van der Waals surface area contributed by atoms with E-state index in [1.165, 1.54) is 16.7 Å². The van der Waals surface area contributed by atoms with Gasteiger partial charge in [0.15, 0.2) is 0 Å². The molecule has 6 atom stereocenters. The fraction of sp³-hybridized carbons (Fsp3) is 0.545. The lowest BCUT2D eigenvalue weighted by Crippen LogP contribution is -2.48. The summed E-state index contributed by atoms with van der Waals surface area (Å²) in [5.74, 6) is 1.78. The van der Waals surface area contributed by atoms with Gasteiger partial charge in [-0.25, -0.2) is 13.1 Å². The third kappa shape index (κ3) is 5.48. The zero-order chi connectivity index (χ0) is 29.6. The maximum absolute atomic E-state index is 13.4. The lowest BCUT2D eigenvalue weighted by Gasteiger charge is -2.45.